The van der Waals surface area contributed by atoms with Crippen molar-refractivity contribution < 1.29 is 34.8 Å². The molecule has 35 heavy (non-hydrogen) atoms. The molecule has 0 fully saturated rings. The summed E-state index contributed by atoms with van der Waals surface area (Å²) in [4.78, 5) is 40.7. The molecule has 1 aromatic carbocycles. The molecule has 1 amide bonds. The van der Waals surface area contributed by atoms with E-state index in [0.717, 1.165) is 5.56 Å². The van der Waals surface area contributed by atoms with E-state index in [1.54, 1.807) is 14.1 Å². The van der Waals surface area contributed by atoms with Crippen LogP contribution in [0.1, 0.15) is 54.2 Å². The summed E-state index contributed by atoms with van der Waals surface area (Å²) in [6.07, 6.45) is 0.366. The maximum absolute atomic E-state index is 13.8. The smallest absolute Gasteiger partial charge is 0.255 e. The van der Waals surface area contributed by atoms with E-state index in [1.807, 2.05) is 33.8 Å². The Kier molecular flexibility index (Phi) is 5.46. The summed E-state index contributed by atoms with van der Waals surface area (Å²) < 4.78 is 0. The number of aromatic hydroxyl groups is 1. The molecule has 9 nitrogen and oxygen atoms in total. The molecule has 0 unspecified atom stereocenters. The van der Waals surface area contributed by atoms with Crippen molar-refractivity contribution in [3.8, 4) is 5.75 Å². The fraction of sp³-hybridized carbons (Fsp3) is 0.500. The van der Waals surface area contributed by atoms with E-state index in [9.17, 15) is 34.8 Å². The number of aliphatic hydroxyl groups excluding tert-OH is 2. The van der Waals surface area contributed by atoms with E-state index in [0.29, 0.717) is 17.5 Å². The molecule has 0 bridgehead atoms. The van der Waals surface area contributed by atoms with Gasteiger partial charge in [-0.1, -0.05) is 26.8 Å². The number of hydrogen-bond donors (Lipinski definition) is 5. The van der Waals surface area contributed by atoms with E-state index in [1.165, 1.54) is 4.90 Å². The quantitative estimate of drug-likeness (QED) is 0.397. The topological polar surface area (TPSA) is 161 Å². The fourth-order valence-corrected chi connectivity index (χ4v) is 6.08. The lowest BCUT2D eigenvalue weighted by Gasteiger charge is -2.50. The Bertz CT molecular complexity index is 1250. The van der Waals surface area contributed by atoms with Gasteiger partial charge < -0.3 is 26.2 Å². The summed E-state index contributed by atoms with van der Waals surface area (Å²) >= 11 is 0. The van der Waals surface area contributed by atoms with Gasteiger partial charge in [-0.05, 0) is 56.3 Å². The Morgan fingerprint density at radius 3 is 2.29 bits per heavy atom. The third kappa shape index (κ3) is 3.25. The summed E-state index contributed by atoms with van der Waals surface area (Å²) in [7, 11) is 3.20. The molecule has 4 rings (SSSR count). The predicted octanol–water partition coefficient (Wildman–Crippen LogP) is 1.73. The summed E-state index contributed by atoms with van der Waals surface area (Å²) in [5.74, 6) is -6.37. The number of carbonyl (C=O) groups excluding carboxylic acids is 3. The largest absolute Gasteiger partial charge is 0.510 e. The highest BCUT2D eigenvalue weighted by atomic mass is 16.3. The molecule has 3 aliphatic rings. The summed E-state index contributed by atoms with van der Waals surface area (Å²) in [5.41, 5.74) is 3.38. The first-order valence-electron chi connectivity index (χ1n) is 11.6. The molecular formula is C26H32N2O7. The van der Waals surface area contributed by atoms with Gasteiger partial charge in [-0.2, -0.15) is 0 Å². The van der Waals surface area contributed by atoms with Crippen molar-refractivity contribution in [3.05, 3.63) is 51.0 Å². The highest BCUT2D eigenvalue weighted by Crippen LogP contribution is 2.53. The van der Waals surface area contributed by atoms with Crippen LogP contribution in [0.5, 0.6) is 5.75 Å². The van der Waals surface area contributed by atoms with E-state index in [2.05, 4.69) is 0 Å². The van der Waals surface area contributed by atoms with Gasteiger partial charge in [-0.3, -0.25) is 19.3 Å². The van der Waals surface area contributed by atoms with Crippen molar-refractivity contribution in [1.29, 1.82) is 0 Å². The molecule has 3 aliphatic carbocycles. The molecule has 0 radical (unpaired) electrons. The average Bonchev–Trinajstić information content (AvgIpc) is 2.71. The number of aliphatic hydroxyl groups is 3. The molecule has 0 aromatic heterocycles. The second-order valence-electron chi connectivity index (χ2n) is 11.2. The zero-order chi connectivity index (χ0) is 26.4. The zero-order valence-electron chi connectivity index (χ0n) is 20.8. The monoisotopic (exact) mass is 484 g/mol. The minimum Gasteiger partial charge on any atom is -0.510 e. The number of nitrogens with two attached hydrogens (primary N) is 1. The zero-order valence-corrected chi connectivity index (χ0v) is 20.8. The van der Waals surface area contributed by atoms with Crippen molar-refractivity contribution in [2.75, 3.05) is 14.1 Å². The van der Waals surface area contributed by atoms with Crippen LogP contribution in [-0.4, -0.2) is 68.5 Å². The maximum atomic E-state index is 13.8. The number of hydrogen-bond acceptors (Lipinski definition) is 8. The van der Waals surface area contributed by atoms with Crippen LogP contribution in [0.4, 0.5) is 0 Å². The van der Waals surface area contributed by atoms with Gasteiger partial charge in [0.05, 0.1) is 11.6 Å². The number of likely N-dealkylation sites (N-methyl/N-ethyl adjacent to an activating group) is 1. The highest BCUT2D eigenvalue weighted by Gasteiger charge is 2.63. The Morgan fingerprint density at radius 2 is 1.77 bits per heavy atom. The normalized spacial score (nSPS) is 28.7. The van der Waals surface area contributed by atoms with Gasteiger partial charge in [0.2, 0.25) is 5.78 Å². The number of phenols is 1. The Labute approximate surface area is 203 Å². The number of rotatable bonds is 2. The molecule has 6 N–H and O–H groups in total. The van der Waals surface area contributed by atoms with Crippen molar-refractivity contribution in [2.24, 2.45) is 17.6 Å². The maximum Gasteiger partial charge on any atom is 0.255 e. The fourth-order valence-electron chi connectivity index (χ4n) is 6.08. The molecule has 0 saturated carbocycles. The molecule has 188 valence electrons. The van der Waals surface area contributed by atoms with E-state index >= 15 is 0 Å². The van der Waals surface area contributed by atoms with Crippen LogP contribution in [-0.2, 0) is 21.4 Å². The molecule has 0 saturated heterocycles. The molecule has 0 aliphatic heterocycles. The van der Waals surface area contributed by atoms with Gasteiger partial charge >= 0.3 is 0 Å². The second kappa shape index (κ2) is 7.66. The van der Waals surface area contributed by atoms with Crippen molar-refractivity contribution in [2.45, 2.75) is 57.6 Å². The van der Waals surface area contributed by atoms with Crippen molar-refractivity contribution in [1.82, 2.24) is 4.90 Å². The van der Waals surface area contributed by atoms with Gasteiger partial charge in [-0.15, -0.1) is 0 Å². The predicted molar refractivity (Wildman–Crippen MR) is 127 cm³/mol. The van der Waals surface area contributed by atoms with Crippen LogP contribution in [0.15, 0.2) is 28.7 Å². The number of phenolic OH excluding ortho intramolecular Hbond substituents is 1. The Hall–Kier alpha value is -3.17. The van der Waals surface area contributed by atoms with Gasteiger partial charge in [0.15, 0.2) is 11.4 Å². The van der Waals surface area contributed by atoms with Gasteiger partial charge in [0.25, 0.3) is 5.91 Å². The summed E-state index contributed by atoms with van der Waals surface area (Å²) in [5, 5.41) is 44.8. The van der Waals surface area contributed by atoms with Crippen LogP contribution in [0.25, 0.3) is 0 Å². The lowest BCUT2D eigenvalue weighted by molar-refractivity contribution is -0.148. The summed E-state index contributed by atoms with van der Waals surface area (Å²) in [6, 6.07) is 0.855. The Morgan fingerprint density at radius 1 is 1.17 bits per heavy atom. The van der Waals surface area contributed by atoms with Crippen LogP contribution in [0.3, 0.4) is 0 Å². The van der Waals surface area contributed by atoms with Crippen LogP contribution in [0.2, 0.25) is 0 Å². The van der Waals surface area contributed by atoms with Crippen LogP contribution in [0, 0.1) is 18.8 Å². The first-order valence-corrected chi connectivity index (χ1v) is 11.6. The lowest BCUT2D eigenvalue weighted by atomic mass is 9.58. The van der Waals surface area contributed by atoms with E-state index in [4.69, 9.17) is 5.73 Å². The second-order valence-corrected chi connectivity index (χ2v) is 11.2. The standard InChI is InChI=1S/C26H32N2O7/c1-10-7-14(25(2,3)4)19(29)16-12(10)8-11-9-13-18(28(5)6)21(31)17(24(27)34)23(33)26(13,35)22(32)15(11)20(16)30/h7,11,13,18,29,31-32,35H,8-9H2,1-6H3,(H2,27,34)/t11-,13+,18+,26+/m0/s1. The highest BCUT2D eigenvalue weighted by molar-refractivity contribution is 6.24. The number of Topliss-reactive ketones (excluding diaryl/α,β-unsaturated/α-hetero) is 2. The molecule has 4 atom stereocenters. The minimum absolute atomic E-state index is 0.0516. The average molecular weight is 485 g/mol. The lowest BCUT2D eigenvalue weighted by Crippen LogP contribution is -2.63. The third-order valence-electron chi connectivity index (χ3n) is 7.75. The Balaban J connectivity index is 1.99. The number of amides is 1. The van der Waals surface area contributed by atoms with E-state index in [-0.39, 0.29) is 23.3 Å². The molecule has 9 heteroatoms. The van der Waals surface area contributed by atoms with Crippen molar-refractivity contribution >= 4 is 17.5 Å². The minimum atomic E-state index is -2.63. The number of nitrogens with zero attached hydrogens (tertiary/aromatic N) is 1. The molecule has 1 aromatic rings. The van der Waals surface area contributed by atoms with Crippen molar-refractivity contribution in [3.63, 3.8) is 0 Å². The summed E-state index contributed by atoms with van der Waals surface area (Å²) in [6.45, 7) is 7.57. The number of allylic oxidation sites excluding steroid dienone is 1. The van der Waals surface area contributed by atoms with Crippen LogP contribution >= 0.6 is 0 Å². The number of aryl methyl sites for hydroxylation is 1. The first-order chi connectivity index (χ1) is 16.0. The van der Waals surface area contributed by atoms with Gasteiger partial charge in [0.1, 0.15) is 22.8 Å². The van der Waals surface area contributed by atoms with Gasteiger partial charge in [0, 0.05) is 17.1 Å². The molecule has 0 heterocycles. The third-order valence-corrected chi connectivity index (χ3v) is 7.75. The van der Waals surface area contributed by atoms with Crippen LogP contribution < -0.4 is 5.73 Å². The number of fused-ring (bicyclic) bond motifs is 3. The van der Waals surface area contributed by atoms with Gasteiger partial charge in [-0.25, -0.2) is 0 Å². The number of benzene rings is 1. The number of ketones is 2. The first kappa shape index (κ1) is 24.9. The number of primary amides is 1. The molecule has 0 spiro atoms. The number of carbonyl (C=O) groups is 3. The SMILES string of the molecule is Cc1cc(C(C)(C)C)c(O)c2c1C[C@H]1C[C@@H]3[C@@H](N(C)C)C(O)=C(C(N)=O)C(=O)[C@]3(O)C(O)=C1C2=O. The molecular weight excluding hydrogens is 452 g/mol. The van der Waals surface area contributed by atoms with E-state index < -0.39 is 63.5 Å².